The Balaban J connectivity index is 1.59. The lowest BCUT2D eigenvalue weighted by Crippen LogP contribution is -2.43. The highest BCUT2D eigenvalue weighted by Crippen LogP contribution is 2.27. The van der Waals surface area contributed by atoms with Crippen LogP contribution in [0.3, 0.4) is 0 Å². The van der Waals surface area contributed by atoms with Gasteiger partial charge in [0, 0.05) is 36.5 Å². The molecular formula is C20H25N3O3S. The van der Waals surface area contributed by atoms with Crippen molar-refractivity contribution in [2.24, 2.45) is 5.92 Å². The summed E-state index contributed by atoms with van der Waals surface area (Å²) in [6, 6.07) is 7.64. The highest BCUT2D eigenvalue weighted by molar-refractivity contribution is 7.13. The maximum Gasteiger partial charge on any atom is 0.273 e. The van der Waals surface area contributed by atoms with Gasteiger partial charge in [-0.3, -0.25) is 9.59 Å². The molecule has 1 aromatic carbocycles. The summed E-state index contributed by atoms with van der Waals surface area (Å²) in [4.78, 5) is 31.1. The summed E-state index contributed by atoms with van der Waals surface area (Å²) < 4.78 is 5.17. The lowest BCUT2D eigenvalue weighted by Gasteiger charge is -2.30. The van der Waals surface area contributed by atoms with E-state index in [2.05, 4.69) is 10.3 Å². The number of hydrogen-bond donors (Lipinski definition) is 1. The van der Waals surface area contributed by atoms with E-state index in [1.807, 2.05) is 36.6 Å². The molecule has 1 aromatic heterocycles. The van der Waals surface area contributed by atoms with Gasteiger partial charge in [0.2, 0.25) is 5.91 Å². The molecule has 0 spiro atoms. The fourth-order valence-corrected chi connectivity index (χ4v) is 3.94. The molecular weight excluding hydrogens is 362 g/mol. The minimum Gasteiger partial charge on any atom is -0.497 e. The number of carbonyl (C=O) groups excluding carboxylic acids is 2. The van der Waals surface area contributed by atoms with E-state index in [0.29, 0.717) is 38.2 Å². The molecule has 0 radical (unpaired) electrons. The van der Waals surface area contributed by atoms with Gasteiger partial charge >= 0.3 is 0 Å². The zero-order valence-corrected chi connectivity index (χ0v) is 16.6. The molecule has 0 bridgehead atoms. The van der Waals surface area contributed by atoms with Crippen LogP contribution in [0.15, 0.2) is 29.6 Å². The van der Waals surface area contributed by atoms with Gasteiger partial charge in [0.05, 0.1) is 7.11 Å². The van der Waals surface area contributed by atoms with Gasteiger partial charge in [0.1, 0.15) is 16.5 Å². The Kier molecular flexibility index (Phi) is 6.45. The van der Waals surface area contributed by atoms with Crippen LogP contribution in [-0.4, -0.2) is 48.4 Å². The third kappa shape index (κ3) is 4.66. The first-order valence-electron chi connectivity index (χ1n) is 9.29. The molecule has 1 N–H and O–H groups in total. The van der Waals surface area contributed by atoms with Crippen LogP contribution < -0.4 is 10.1 Å². The molecule has 1 aliphatic heterocycles. The Labute approximate surface area is 163 Å². The summed E-state index contributed by atoms with van der Waals surface area (Å²) in [6.07, 6.45) is 2.34. The Morgan fingerprint density at radius 2 is 1.96 bits per heavy atom. The number of aromatic nitrogens is 1. The number of nitrogens with one attached hydrogen (secondary N) is 1. The normalized spacial score (nSPS) is 14.8. The minimum absolute atomic E-state index is 0.00546. The second-order valence-electron chi connectivity index (χ2n) is 6.62. The smallest absolute Gasteiger partial charge is 0.273 e. The Hall–Kier alpha value is -2.41. The van der Waals surface area contributed by atoms with Gasteiger partial charge in [-0.2, -0.15) is 0 Å². The summed E-state index contributed by atoms with van der Waals surface area (Å²) in [6.45, 7) is 3.94. The van der Waals surface area contributed by atoms with Gasteiger partial charge < -0.3 is 15.0 Å². The van der Waals surface area contributed by atoms with Crippen LogP contribution in [-0.2, 0) is 4.79 Å². The molecule has 3 rings (SSSR count). The molecule has 6 nitrogen and oxygen atoms in total. The number of piperidine rings is 1. The number of amides is 2. The van der Waals surface area contributed by atoms with Crippen molar-refractivity contribution in [3.63, 3.8) is 0 Å². The zero-order valence-electron chi connectivity index (χ0n) is 15.7. The van der Waals surface area contributed by atoms with E-state index in [0.717, 1.165) is 22.7 Å². The Morgan fingerprint density at radius 3 is 2.59 bits per heavy atom. The summed E-state index contributed by atoms with van der Waals surface area (Å²) in [5.74, 6) is 0.848. The third-order valence-corrected chi connectivity index (χ3v) is 5.65. The van der Waals surface area contributed by atoms with E-state index >= 15 is 0 Å². The highest BCUT2D eigenvalue weighted by atomic mass is 32.1. The Morgan fingerprint density at radius 1 is 1.26 bits per heavy atom. The first-order chi connectivity index (χ1) is 13.1. The number of hydrogen-bond acceptors (Lipinski definition) is 5. The third-order valence-electron chi connectivity index (χ3n) is 4.76. The fourth-order valence-electron chi connectivity index (χ4n) is 3.14. The maximum atomic E-state index is 12.7. The predicted molar refractivity (Wildman–Crippen MR) is 106 cm³/mol. The lowest BCUT2D eigenvalue weighted by molar-refractivity contribution is -0.126. The number of likely N-dealkylation sites (tertiary alicyclic amines) is 1. The second-order valence-corrected chi connectivity index (χ2v) is 7.48. The first kappa shape index (κ1) is 19.4. The predicted octanol–water partition coefficient (Wildman–Crippen LogP) is 3.20. The van der Waals surface area contributed by atoms with E-state index in [-0.39, 0.29) is 17.7 Å². The van der Waals surface area contributed by atoms with Gasteiger partial charge in [-0.25, -0.2) is 4.98 Å². The van der Waals surface area contributed by atoms with Gasteiger partial charge in [-0.1, -0.05) is 6.92 Å². The maximum absolute atomic E-state index is 12.7. The topological polar surface area (TPSA) is 71.5 Å². The van der Waals surface area contributed by atoms with E-state index in [4.69, 9.17) is 4.74 Å². The molecule has 144 valence electrons. The van der Waals surface area contributed by atoms with Crippen molar-refractivity contribution in [2.75, 3.05) is 26.7 Å². The van der Waals surface area contributed by atoms with Crippen LogP contribution in [0.1, 0.15) is 36.7 Å². The summed E-state index contributed by atoms with van der Waals surface area (Å²) in [5, 5.41) is 5.57. The van der Waals surface area contributed by atoms with Gasteiger partial charge in [-0.05, 0) is 43.5 Å². The second kappa shape index (κ2) is 8.99. The van der Waals surface area contributed by atoms with E-state index < -0.39 is 0 Å². The summed E-state index contributed by atoms with van der Waals surface area (Å²) in [7, 11) is 1.63. The van der Waals surface area contributed by atoms with Gasteiger partial charge in [-0.15, -0.1) is 11.3 Å². The van der Waals surface area contributed by atoms with Crippen molar-refractivity contribution in [3.8, 4) is 16.3 Å². The molecule has 1 fully saturated rings. The minimum atomic E-state index is -0.0570. The van der Waals surface area contributed by atoms with Crippen molar-refractivity contribution < 1.29 is 14.3 Å². The van der Waals surface area contributed by atoms with Crippen LogP contribution in [0.2, 0.25) is 0 Å². The SMILES string of the molecule is CCCNC(=O)C1CCN(C(=O)c2csc(-c3ccc(OC)cc3)n2)CC1. The molecule has 2 amide bonds. The number of ether oxygens (including phenoxy) is 1. The molecule has 0 unspecified atom stereocenters. The van der Waals surface area contributed by atoms with Crippen molar-refractivity contribution in [1.82, 2.24) is 15.2 Å². The van der Waals surface area contributed by atoms with Crippen molar-refractivity contribution >= 4 is 23.2 Å². The Bertz CT molecular complexity index is 780. The molecule has 7 heteroatoms. The lowest BCUT2D eigenvalue weighted by atomic mass is 9.95. The number of thiazole rings is 1. The van der Waals surface area contributed by atoms with Crippen LogP contribution >= 0.6 is 11.3 Å². The van der Waals surface area contributed by atoms with Gasteiger partial charge in [0.15, 0.2) is 0 Å². The summed E-state index contributed by atoms with van der Waals surface area (Å²) >= 11 is 1.46. The van der Waals surface area contributed by atoms with Crippen molar-refractivity contribution in [3.05, 3.63) is 35.3 Å². The molecule has 27 heavy (non-hydrogen) atoms. The molecule has 2 aromatic rings. The molecule has 0 aliphatic carbocycles. The number of benzene rings is 1. The molecule has 2 heterocycles. The van der Waals surface area contributed by atoms with Gasteiger partial charge in [0.25, 0.3) is 5.91 Å². The number of nitrogens with zero attached hydrogens (tertiary/aromatic N) is 2. The largest absolute Gasteiger partial charge is 0.497 e. The van der Waals surface area contributed by atoms with E-state index in [9.17, 15) is 9.59 Å². The molecule has 0 atom stereocenters. The number of rotatable bonds is 6. The van der Waals surface area contributed by atoms with Crippen LogP contribution in [0.25, 0.3) is 10.6 Å². The fraction of sp³-hybridized carbons (Fsp3) is 0.450. The van der Waals surface area contributed by atoms with Crippen LogP contribution in [0.5, 0.6) is 5.75 Å². The van der Waals surface area contributed by atoms with E-state index in [1.165, 1.54) is 11.3 Å². The number of methoxy groups -OCH3 is 1. The molecule has 1 aliphatic rings. The molecule has 0 saturated carbocycles. The summed E-state index contributed by atoms with van der Waals surface area (Å²) in [5.41, 5.74) is 1.44. The number of carbonyl (C=O) groups is 2. The average Bonchev–Trinajstić information content (AvgIpc) is 3.22. The monoisotopic (exact) mass is 387 g/mol. The average molecular weight is 388 g/mol. The van der Waals surface area contributed by atoms with Crippen LogP contribution in [0, 0.1) is 5.92 Å². The standard InChI is InChI=1S/C20H25N3O3S/c1-3-10-21-18(24)14-8-11-23(12-9-14)20(25)17-13-27-19(22-17)15-4-6-16(26-2)7-5-15/h4-7,13-14H,3,8-12H2,1-2H3,(H,21,24). The van der Waals surface area contributed by atoms with Crippen LogP contribution in [0.4, 0.5) is 0 Å². The first-order valence-corrected chi connectivity index (χ1v) is 10.2. The highest BCUT2D eigenvalue weighted by Gasteiger charge is 2.28. The van der Waals surface area contributed by atoms with E-state index in [1.54, 1.807) is 12.0 Å². The van der Waals surface area contributed by atoms with Crippen molar-refractivity contribution in [1.29, 1.82) is 0 Å². The quantitative estimate of drug-likeness (QED) is 0.826. The molecule has 1 saturated heterocycles. The van der Waals surface area contributed by atoms with Crippen molar-refractivity contribution in [2.45, 2.75) is 26.2 Å². The zero-order chi connectivity index (χ0) is 19.2.